The summed E-state index contributed by atoms with van der Waals surface area (Å²) in [5, 5.41) is 0. The van der Waals surface area contributed by atoms with Crippen LogP contribution in [-0.2, 0) is 4.57 Å². The number of hydrogen-bond donors (Lipinski definition) is 0. The van der Waals surface area contributed by atoms with Crippen LogP contribution in [0.25, 0.3) is 0 Å². The van der Waals surface area contributed by atoms with Crippen molar-refractivity contribution in [3.63, 3.8) is 0 Å². The Morgan fingerprint density at radius 2 is 1.00 bits per heavy atom. The molecule has 0 unspecified atom stereocenters. The van der Waals surface area contributed by atoms with Crippen LogP contribution in [0, 0.1) is 0 Å². The van der Waals surface area contributed by atoms with E-state index in [1.807, 2.05) is 12.1 Å². The number of hydrogen-bond acceptors (Lipinski definition) is 5. The number of phosphoric acid groups is 1. The Bertz CT molecular complexity index is 818. The molecule has 0 N–H and O–H groups in total. The van der Waals surface area contributed by atoms with E-state index in [9.17, 15) is 9.36 Å². The smallest absolute Gasteiger partial charge is 0.386 e. The molecule has 0 radical (unpaired) electrons. The van der Waals surface area contributed by atoms with Gasteiger partial charge in [-0.2, -0.15) is 4.57 Å². The molecule has 3 aromatic carbocycles. The lowest BCUT2D eigenvalue weighted by Crippen LogP contribution is -2.07. The summed E-state index contributed by atoms with van der Waals surface area (Å²) in [5.74, 6) is 0.971. The van der Waals surface area contributed by atoms with Crippen molar-refractivity contribution in [1.29, 1.82) is 0 Å². The highest BCUT2D eigenvalue weighted by Gasteiger charge is 2.33. The van der Waals surface area contributed by atoms with E-state index in [1.54, 1.807) is 60.7 Å². The van der Waals surface area contributed by atoms with Crippen LogP contribution < -0.4 is 13.6 Å². The van der Waals surface area contributed by atoms with Gasteiger partial charge in [-0.3, -0.25) is 4.79 Å². The fraction of sp³-hybridized carbons (Fsp3) is 0. The van der Waals surface area contributed by atoms with Crippen LogP contribution in [0.4, 0.5) is 0 Å². The number of carbonyl (C=O) groups excluding carboxylic acids is 1. The molecule has 0 bridgehead atoms. The van der Waals surface area contributed by atoms with Crippen molar-refractivity contribution in [2.45, 2.75) is 0 Å². The lowest BCUT2D eigenvalue weighted by atomic mass is 10.2. The van der Waals surface area contributed by atoms with Crippen molar-refractivity contribution in [3.05, 3.63) is 90.5 Å². The lowest BCUT2D eigenvalue weighted by Gasteiger charge is -2.19. The maximum absolute atomic E-state index is 13.1. The van der Waals surface area contributed by atoms with Gasteiger partial charge in [-0.25, -0.2) is 0 Å². The maximum Gasteiger partial charge on any atom is 0.647 e. The Morgan fingerprint density at radius 1 is 0.600 bits per heavy atom. The number of carbonyl (C=O) groups is 1. The topological polar surface area (TPSA) is 61.8 Å². The predicted molar refractivity (Wildman–Crippen MR) is 94.2 cm³/mol. The summed E-state index contributed by atoms with van der Waals surface area (Å²) >= 11 is 0. The van der Waals surface area contributed by atoms with Gasteiger partial charge in [0.15, 0.2) is 0 Å². The molecule has 0 spiro atoms. The third kappa shape index (κ3) is 4.72. The van der Waals surface area contributed by atoms with Gasteiger partial charge in [0, 0.05) is 5.56 Å². The first kappa shape index (κ1) is 16.8. The van der Waals surface area contributed by atoms with Crippen molar-refractivity contribution >= 4 is 14.1 Å². The van der Waals surface area contributed by atoms with Crippen molar-refractivity contribution in [1.82, 2.24) is 0 Å². The van der Waals surface area contributed by atoms with Gasteiger partial charge in [0.25, 0.3) is 0 Å². The van der Waals surface area contributed by atoms with Crippen LogP contribution >= 0.6 is 7.82 Å². The molecule has 0 aromatic heterocycles. The summed E-state index contributed by atoms with van der Waals surface area (Å²) in [6.07, 6.45) is 0.713. The van der Waals surface area contributed by atoms with Crippen LogP contribution in [0.15, 0.2) is 84.9 Å². The monoisotopic (exact) mass is 354 g/mol. The third-order valence-corrected chi connectivity index (χ3v) is 4.46. The molecule has 126 valence electrons. The average Bonchev–Trinajstić information content (AvgIpc) is 2.64. The molecule has 0 saturated heterocycles. The van der Waals surface area contributed by atoms with Crippen LogP contribution in [0.2, 0.25) is 0 Å². The molecule has 5 nitrogen and oxygen atoms in total. The SMILES string of the molecule is O=Cc1ccc(OP(=O)(Oc2ccccc2)Oc2ccccc2)cc1. The highest BCUT2D eigenvalue weighted by atomic mass is 31.2. The molecule has 0 aliphatic carbocycles. The molecule has 0 saturated carbocycles. The number of phosphoric ester groups is 1. The van der Waals surface area contributed by atoms with E-state index in [2.05, 4.69) is 0 Å². The van der Waals surface area contributed by atoms with Crippen LogP contribution in [0.3, 0.4) is 0 Å². The molecule has 0 fully saturated rings. The van der Waals surface area contributed by atoms with E-state index in [-0.39, 0.29) is 5.75 Å². The number of para-hydroxylation sites is 2. The summed E-state index contributed by atoms with van der Waals surface area (Å²) in [5.41, 5.74) is 0.482. The molecule has 3 aromatic rings. The quantitative estimate of drug-likeness (QED) is 0.434. The van der Waals surface area contributed by atoms with Gasteiger partial charge in [0.1, 0.15) is 23.5 Å². The Hall–Kier alpha value is -3.04. The zero-order valence-corrected chi connectivity index (χ0v) is 14.0. The largest absolute Gasteiger partial charge is 0.647 e. The lowest BCUT2D eigenvalue weighted by molar-refractivity contribution is 0.112. The van der Waals surface area contributed by atoms with E-state index >= 15 is 0 Å². The van der Waals surface area contributed by atoms with Crippen molar-refractivity contribution < 1.29 is 22.9 Å². The third-order valence-electron chi connectivity index (χ3n) is 3.15. The van der Waals surface area contributed by atoms with Crippen molar-refractivity contribution in [3.8, 4) is 17.2 Å². The van der Waals surface area contributed by atoms with E-state index in [1.165, 1.54) is 12.1 Å². The zero-order chi connectivity index (χ0) is 17.5. The minimum absolute atomic E-state index is 0.265. The molecule has 3 rings (SSSR count). The van der Waals surface area contributed by atoms with Crippen LogP contribution in [-0.4, -0.2) is 6.29 Å². The van der Waals surface area contributed by atoms with Gasteiger partial charge in [0.05, 0.1) is 0 Å². The van der Waals surface area contributed by atoms with Gasteiger partial charge < -0.3 is 13.6 Å². The standard InChI is InChI=1S/C19H15O5P/c20-15-16-11-13-19(14-12-16)24-25(21,22-17-7-3-1-4-8-17)23-18-9-5-2-6-10-18/h1-15H. The normalized spacial score (nSPS) is 10.7. The van der Waals surface area contributed by atoms with Crippen LogP contribution in [0.1, 0.15) is 10.4 Å². The first-order valence-electron chi connectivity index (χ1n) is 7.51. The molecule has 25 heavy (non-hydrogen) atoms. The molecule has 0 amide bonds. The summed E-state index contributed by atoms with van der Waals surface area (Å²) in [6, 6.07) is 23.4. The molecule has 0 heterocycles. The molecular formula is C19H15O5P. The highest BCUT2D eigenvalue weighted by Crippen LogP contribution is 2.49. The molecule has 0 aliphatic rings. The second kappa shape index (κ2) is 7.69. The molecular weight excluding hydrogens is 339 g/mol. The highest BCUT2D eigenvalue weighted by molar-refractivity contribution is 7.49. The van der Waals surface area contributed by atoms with Gasteiger partial charge >= 0.3 is 7.82 Å². The molecule has 0 aliphatic heterocycles. The fourth-order valence-corrected chi connectivity index (χ4v) is 3.26. The Kier molecular flexibility index (Phi) is 5.17. The zero-order valence-electron chi connectivity index (χ0n) is 13.1. The summed E-state index contributed by atoms with van der Waals surface area (Å²) < 4.78 is 29.7. The molecule has 6 heteroatoms. The number of benzene rings is 3. The van der Waals surface area contributed by atoms with Gasteiger partial charge in [-0.1, -0.05) is 36.4 Å². The van der Waals surface area contributed by atoms with Gasteiger partial charge in [-0.15, -0.1) is 0 Å². The van der Waals surface area contributed by atoms with E-state index in [4.69, 9.17) is 13.6 Å². The summed E-state index contributed by atoms with van der Waals surface area (Å²) in [4.78, 5) is 10.7. The first-order valence-corrected chi connectivity index (χ1v) is 8.97. The summed E-state index contributed by atoms with van der Waals surface area (Å²) in [6.45, 7) is 0. The minimum Gasteiger partial charge on any atom is -0.386 e. The fourth-order valence-electron chi connectivity index (χ4n) is 2.01. The van der Waals surface area contributed by atoms with E-state index in [0.717, 1.165) is 0 Å². The Balaban J connectivity index is 1.87. The first-order chi connectivity index (χ1) is 12.2. The minimum atomic E-state index is -4.00. The van der Waals surface area contributed by atoms with Crippen molar-refractivity contribution in [2.24, 2.45) is 0 Å². The van der Waals surface area contributed by atoms with Gasteiger partial charge in [-0.05, 0) is 48.5 Å². The number of aldehydes is 1. The Labute approximate surface area is 145 Å². The van der Waals surface area contributed by atoms with Crippen LogP contribution in [0.5, 0.6) is 17.2 Å². The second-order valence-electron chi connectivity index (χ2n) is 5.03. The summed E-state index contributed by atoms with van der Waals surface area (Å²) in [7, 11) is -4.00. The predicted octanol–water partition coefficient (Wildman–Crippen LogP) is 5.14. The van der Waals surface area contributed by atoms with E-state index < -0.39 is 7.82 Å². The number of rotatable bonds is 7. The average molecular weight is 354 g/mol. The van der Waals surface area contributed by atoms with Gasteiger partial charge in [0.2, 0.25) is 0 Å². The van der Waals surface area contributed by atoms with E-state index in [0.29, 0.717) is 23.3 Å². The molecule has 0 atom stereocenters. The van der Waals surface area contributed by atoms with Crippen molar-refractivity contribution in [2.75, 3.05) is 0 Å². The second-order valence-corrected chi connectivity index (χ2v) is 6.48. The maximum atomic E-state index is 13.1. The Morgan fingerprint density at radius 3 is 1.40 bits per heavy atom.